The third kappa shape index (κ3) is 3.71. The molecule has 1 aromatic carbocycles. The van der Waals surface area contributed by atoms with Gasteiger partial charge in [0.2, 0.25) is 0 Å². The minimum atomic E-state index is -0.539. The van der Waals surface area contributed by atoms with Crippen LogP contribution in [-0.4, -0.2) is 39.0 Å². The lowest BCUT2D eigenvalue weighted by atomic mass is 10.3. The highest BCUT2D eigenvalue weighted by Crippen LogP contribution is 2.24. The van der Waals surface area contributed by atoms with Gasteiger partial charge in [-0.2, -0.15) is 5.10 Å². The zero-order valence-corrected chi connectivity index (χ0v) is 16.3. The average molecular weight is 398 g/mol. The third-order valence-corrected chi connectivity index (χ3v) is 5.15. The molecule has 0 amide bonds. The molecule has 0 aliphatic carbocycles. The van der Waals surface area contributed by atoms with Crippen LogP contribution in [-0.2, 0) is 11.3 Å². The first-order chi connectivity index (χ1) is 13.6. The van der Waals surface area contributed by atoms with E-state index in [4.69, 9.17) is 16.3 Å². The van der Waals surface area contributed by atoms with Crippen molar-refractivity contribution in [2.24, 2.45) is 0 Å². The van der Waals surface area contributed by atoms with Crippen LogP contribution in [0.5, 0.6) is 0 Å². The van der Waals surface area contributed by atoms with Gasteiger partial charge in [0.25, 0.3) is 0 Å². The Kier molecular flexibility index (Phi) is 5.25. The predicted octanol–water partition coefficient (Wildman–Crippen LogP) is 3.58. The summed E-state index contributed by atoms with van der Waals surface area (Å²) in [5.41, 5.74) is 2.39. The Hall–Kier alpha value is -2.93. The topological polar surface area (TPSA) is 73.1 Å². The van der Waals surface area contributed by atoms with Gasteiger partial charge in [0.05, 0.1) is 11.4 Å². The number of anilines is 1. The Morgan fingerprint density at radius 2 is 1.86 bits per heavy atom. The molecular weight excluding hydrogens is 378 g/mol. The quantitative estimate of drug-likeness (QED) is 0.613. The second-order valence-corrected chi connectivity index (χ2v) is 7.01. The summed E-state index contributed by atoms with van der Waals surface area (Å²) in [6, 6.07) is 13.0. The van der Waals surface area contributed by atoms with Gasteiger partial charge in [0, 0.05) is 18.7 Å². The molecule has 0 saturated carbocycles. The van der Waals surface area contributed by atoms with Gasteiger partial charge in [0.15, 0.2) is 11.5 Å². The van der Waals surface area contributed by atoms with E-state index in [1.807, 2.05) is 37.3 Å². The number of benzene rings is 1. The van der Waals surface area contributed by atoms with E-state index in [2.05, 4.69) is 20.2 Å². The number of rotatable bonds is 5. The number of para-hydroxylation sites is 1. The maximum atomic E-state index is 12.3. The molecule has 0 spiro atoms. The predicted molar refractivity (Wildman–Crippen MR) is 106 cm³/mol. The molecule has 8 heteroatoms. The van der Waals surface area contributed by atoms with Crippen molar-refractivity contribution in [2.45, 2.75) is 26.4 Å². The number of halogens is 1. The smallest absolute Gasteiger partial charge is 0.359 e. The zero-order chi connectivity index (χ0) is 19.5. The van der Waals surface area contributed by atoms with E-state index in [1.165, 1.54) is 0 Å². The van der Waals surface area contributed by atoms with Crippen molar-refractivity contribution in [3.05, 3.63) is 64.6 Å². The summed E-state index contributed by atoms with van der Waals surface area (Å²) in [6.07, 6.45) is 2.31. The van der Waals surface area contributed by atoms with Crippen molar-refractivity contribution in [2.75, 3.05) is 18.0 Å². The van der Waals surface area contributed by atoms with Gasteiger partial charge in [-0.05, 0) is 44.0 Å². The number of hydrogen-bond acceptors (Lipinski definition) is 6. The first-order valence-corrected chi connectivity index (χ1v) is 9.56. The van der Waals surface area contributed by atoms with Crippen LogP contribution < -0.4 is 4.90 Å². The van der Waals surface area contributed by atoms with Crippen molar-refractivity contribution in [3.63, 3.8) is 0 Å². The summed E-state index contributed by atoms with van der Waals surface area (Å²) < 4.78 is 7.03. The Morgan fingerprint density at radius 3 is 2.54 bits per heavy atom. The van der Waals surface area contributed by atoms with E-state index in [9.17, 15) is 4.79 Å². The maximum Gasteiger partial charge on any atom is 0.359 e. The molecule has 1 aliphatic rings. The molecule has 0 bridgehead atoms. The first-order valence-electron chi connectivity index (χ1n) is 9.18. The Balaban J connectivity index is 1.44. The van der Waals surface area contributed by atoms with Crippen LogP contribution in [0.25, 0.3) is 5.69 Å². The number of carbonyl (C=O) groups is 1. The van der Waals surface area contributed by atoms with E-state index in [1.54, 1.807) is 16.8 Å². The Labute approximate surface area is 167 Å². The van der Waals surface area contributed by atoms with Crippen LogP contribution in [0.4, 0.5) is 5.82 Å². The van der Waals surface area contributed by atoms with Gasteiger partial charge in [-0.25, -0.2) is 9.48 Å². The van der Waals surface area contributed by atoms with E-state index in [0.717, 1.165) is 37.4 Å². The molecule has 3 heterocycles. The van der Waals surface area contributed by atoms with Crippen molar-refractivity contribution >= 4 is 23.4 Å². The molecule has 0 radical (unpaired) electrons. The number of ether oxygens (including phenoxy) is 1. The van der Waals surface area contributed by atoms with Gasteiger partial charge >= 0.3 is 5.97 Å². The third-order valence-electron chi connectivity index (χ3n) is 4.76. The fourth-order valence-corrected chi connectivity index (χ4v) is 3.52. The molecule has 3 aromatic rings. The lowest BCUT2D eigenvalue weighted by molar-refractivity contribution is 0.0464. The number of carbonyl (C=O) groups excluding carboxylic acids is 1. The van der Waals surface area contributed by atoms with Crippen LogP contribution in [0.2, 0.25) is 5.15 Å². The fourth-order valence-electron chi connectivity index (χ4n) is 3.20. The van der Waals surface area contributed by atoms with E-state index >= 15 is 0 Å². The summed E-state index contributed by atoms with van der Waals surface area (Å²) in [5.74, 6) is 0.250. The minimum Gasteiger partial charge on any atom is -0.456 e. The summed E-state index contributed by atoms with van der Waals surface area (Å²) in [6.45, 7) is 3.80. The monoisotopic (exact) mass is 397 g/mol. The molecule has 144 valence electrons. The molecule has 1 fully saturated rings. The molecular formula is C20H20ClN5O2. The van der Waals surface area contributed by atoms with Crippen LogP contribution in [0.15, 0.2) is 42.5 Å². The number of esters is 1. The second-order valence-electron chi connectivity index (χ2n) is 6.65. The van der Waals surface area contributed by atoms with Gasteiger partial charge in [-0.1, -0.05) is 29.8 Å². The van der Waals surface area contributed by atoms with Crippen molar-refractivity contribution < 1.29 is 9.53 Å². The van der Waals surface area contributed by atoms with Crippen molar-refractivity contribution in [1.82, 2.24) is 20.0 Å². The highest BCUT2D eigenvalue weighted by atomic mass is 35.5. The molecule has 1 saturated heterocycles. The fraction of sp³-hybridized carbons (Fsp3) is 0.300. The summed E-state index contributed by atoms with van der Waals surface area (Å²) in [7, 11) is 0. The number of aromatic nitrogens is 4. The lowest BCUT2D eigenvalue weighted by Gasteiger charge is -2.15. The zero-order valence-electron chi connectivity index (χ0n) is 15.5. The highest BCUT2D eigenvalue weighted by molar-refractivity contribution is 6.30. The average Bonchev–Trinajstić information content (AvgIpc) is 3.36. The summed E-state index contributed by atoms with van der Waals surface area (Å²) in [5, 5.41) is 13.0. The van der Waals surface area contributed by atoms with Gasteiger partial charge in [0.1, 0.15) is 11.8 Å². The maximum absolute atomic E-state index is 12.3. The van der Waals surface area contributed by atoms with E-state index in [0.29, 0.717) is 16.4 Å². The standard InChI is InChI=1S/C20H20ClN5O2/c1-14-16(19(21)26(24-14)15-7-3-2-4-8-15)13-28-20(27)17-9-10-18(23-22-17)25-11-5-6-12-25/h2-4,7-10H,5-6,11-13H2,1H3. The largest absolute Gasteiger partial charge is 0.456 e. The van der Waals surface area contributed by atoms with Crippen LogP contribution >= 0.6 is 11.6 Å². The number of aryl methyl sites for hydroxylation is 1. The normalized spacial score (nSPS) is 13.7. The summed E-state index contributed by atoms with van der Waals surface area (Å²) in [4.78, 5) is 14.5. The van der Waals surface area contributed by atoms with E-state index < -0.39 is 5.97 Å². The SMILES string of the molecule is Cc1nn(-c2ccccc2)c(Cl)c1COC(=O)c1ccc(N2CCCC2)nn1. The molecule has 0 atom stereocenters. The lowest BCUT2D eigenvalue weighted by Crippen LogP contribution is -2.20. The van der Waals surface area contributed by atoms with Gasteiger partial charge in [-0.3, -0.25) is 0 Å². The molecule has 2 aromatic heterocycles. The Bertz CT molecular complexity index is 966. The molecule has 1 aliphatic heterocycles. The van der Waals surface area contributed by atoms with Gasteiger partial charge < -0.3 is 9.64 Å². The summed E-state index contributed by atoms with van der Waals surface area (Å²) >= 11 is 6.46. The van der Waals surface area contributed by atoms with E-state index in [-0.39, 0.29) is 12.3 Å². The Morgan fingerprint density at radius 1 is 1.11 bits per heavy atom. The highest BCUT2D eigenvalue weighted by Gasteiger charge is 2.19. The number of nitrogens with zero attached hydrogens (tertiary/aromatic N) is 5. The van der Waals surface area contributed by atoms with Crippen molar-refractivity contribution in [1.29, 1.82) is 0 Å². The van der Waals surface area contributed by atoms with Crippen LogP contribution in [0.3, 0.4) is 0 Å². The van der Waals surface area contributed by atoms with Gasteiger partial charge in [-0.15, -0.1) is 10.2 Å². The minimum absolute atomic E-state index is 0.0197. The first kappa shape index (κ1) is 18.4. The molecule has 7 nitrogen and oxygen atoms in total. The van der Waals surface area contributed by atoms with Crippen molar-refractivity contribution in [3.8, 4) is 5.69 Å². The van der Waals surface area contributed by atoms with Crippen LogP contribution in [0.1, 0.15) is 34.6 Å². The molecule has 0 N–H and O–H groups in total. The molecule has 4 rings (SSSR count). The number of hydrogen-bond donors (Lipinski definition) is 0. The second kappa shape index (κ2) is 7.98. The van der Waals surface area contributed by atoms with Crippen LogP contribution in [0, 0.1) is 6.92 Å². The molecule has 0 unspecified atom stereocenters. The molecule has 28 heavy (non-hydrogen) atoms.